The number of pyridine rings is 1. The summed E-state index contributed by atoms with van der Waals surface area (Å²) >= 11 is 1.63. The molecular weight excluding hydrogens is 275 g/mol. The summed E-state index contributed by atoms with van der Waals surface area (Å²) in [6.07, 6.45) is 2.86. The minimum Gasteiger partial charge on any atom is -0.314 e. The van der Waals surface area contributed by atoms with Gasteiger partial charge in [-0.3, -0.25) is 9.88 Å². The van der Waals surface area contributed by atoms with Gasteiger partial charge in [-0.25, -0.2) is 9.37 Å². The Bertz CT molecular complexity index is 580. The minimum atomic E-state index is -0.327. The first kappa shape index (κ1) is 13.6. The number of nitrogens with zero attached hydrogens (tertiary/aromatic N) is 3. The number of piperazine rings is 1. The third-order valence-electron chi connectivity index (χ3n) is 3.58. The van der Waals surface area contributed by atoms with Crippen LogP contribution in [0.1, 0.15) is 18.0 Å². The van der Waals surface area contributed by atoms with Crippen molar-refractivity contribution in [1.82, 2.24) is 20.2 Å². The molecule has 1 aliphatic rings. The minimum absolute atomic E-state index is 0.303. The summed E-state index contributed by atoms with van der Waals surface area (Å²) in [5, 5.41) is 6.40. The molecule has 2 aromatic rings. The Balaban J connectivity index is 1.79. The number of hydrogen-bond acceptors (Lipinski definition) is 5. The van der Waals surface area contributed by atoms with Crippen LogP contribution >= 0.6 is 11.3 Å². The molecular formula is C14H17FN4S. The molecule has 0 bridgehead atoms. The van der Waals surface area contributed by atoms with Crippen LogP contribution in [0, 0.1) is 5.82 Å². The highest BCUT2D eigenvalue weighted by molar-refractivity contribution is 7.10. The number of aromatic nitrogens is 2. The Morgan fingerprint density at radius 3 is 2.90 bits per heavy atom. The number of halogens is 1. The molecule has 106 valence electrons. The third kappa shape index (κ3) is 2.87. The summed E-state index contributed by atoms with van der Waals surface area (Å²) in [5.41, 5.74) is 1.54. The summed E-state index contributed by atoms with van der Waals surface area (Å²) in [5.74, 6) is -0.327. The largest absolute Gasteiger partial charge is 0.314 e. The van der Waals surface area contributed by atoms with E-state index >= 15 is 0 Å². The predicted molar refractivity (Wildman–Crippen MR) is 78.2 cm³/mol. The van der Waals surface area contributed by atoms with Gasteiger partial charge in [0.25, 0.3) is 0 Å². The molecule has 1 unspecified atom stereocenters. The van der Waals surface area contributed by atoms with Gasteiger partial charge < -0.3 is 5.32 Å². The maximum absolute atomic E-state index is 13.2. The monoisotopic (exact) mass is 292 g/mol. The van der Waals surface area contributed by atoms with Crippen molar-refractivity contribution >= 4 is 11.3 Å². The van der Waals surface area contributed by atoms with Crippen LogP contribution < -0.4 is 5.32 Å². The third-order valence-corrected chi connectivity index (χ3v) is 4.59. The van der Waals surface area contributed by atoms with E-state index in [0.29, 0.717) is 6.04 Å². The molecule has 2 aromatic heterocycles. The average molecular weight is 292 g/mol. The highest BCUT2D eigenvalue weighted by Gasteiger charge is 2.20. The summed E-state index contributed by atoms with van der Waals surface area (Å²) in [6.45, 7) is 6.31. The van der Waals surface area contributed by atoms with E-state index in [9.17, 15) is 4.39 Å². The number of thiazole rings is 1. The van der Waals surface area contributed by atoms with Gasteiger partial charge >= 0.3 is 0 Å². The molecule has 1 N–H and O–H groups in total. The quantitative estimate of drug-likeness (QED) is 0.942. The number of nitrogens with one attached hydrogen (secondary N) is 1. The SMILES string of the molecule is CC(c1nc(-c2cncc(F)c2)cs1)N1CCNCC1. The molecule has 4 nitrogen and oxygen atoms in total. The Kier molecular flexibility index (Phi) is 4.05. The van der Waals surface area contributed by atoms with Crippen molar-refractivity contribution in [2.75, 3.05) is 26.2 Å². The highest BCUT2D eigenvalue weighted by atomic mass is 32.1. The van der Waals surface area contributed by atoms with Crippen molar-refractivity contribution in [1.29, 1.82) is 0 Å². The molecule has 1 aliphatic heterocycles. The molecule has 20 heavy (non-hydrogen) atoms. The van der Waals surface area contributed by atoms with Crippen LogP contribution in [0.4, 0.5) is 4.39 Å². The Hall–Kier alpha value is -1.37. The molecule has 0 spiro atoms. The maximum atomic E-state index is 13.2. The van der Waals surface area contributed by atoms with Crippen LogP contribution in [0.5, 0.6) is 0 Å². The molecule has 1 saturated heterocycles. The lowest BCUT2D eigenvalue weighted by molar-refractivity contribution is 0.185. The lowest BCUT2D eigenvalue weighted by atomic mass is 10.2. The Morgan fingerprint density at radius 2 is 2.15 bits per heavy atom. The van der Waals surface area contributed by atoms with E-state index in [-0.39, 0.29) is 5.82 Å². The number of hydrogen-bond donors (Lipinski definition) is 1. The van der Waals surface area contributed by atoms with Gasteiger partial charge in [0.1, 0.15) is 10.8 Å². The van der Waals surface area contributed by atoms with E-state index in [1.165, 1.54) is 12.3 Å². The van der Waals surface area contributed by atoms with E-state index in [0.717, 1.165) is 42.4 Å². The van der Waals surface area contributed by atoms with Crippen molar-refractivity contribution in [3.8, 4) is 11.3 Å². The first-order chi connectivity index (χ1) is 9.74. The average Bonchev–Trinajstić information content (AvgIpc) is 2.97. The van der Waals surface area contributed by atoms with Gasteiger partial charge in [0.15, 0.2) is 0 Å². The van der Waals surface area contributed by atoms with Gasteiger partial charge in [-0.05, 0) is 13.0 Å². The van der Waals surface area contributed by atoms with Crippen molar-refractivity contribution < 1.29 is 4.39 Å². The molecule has 6 heteroatoms. The maximum Gasteiger partial charge on any atom is 0.142 e. The van der Waals surface area contributed by atoms with Crippen molar-refractivity contribution in [2.24, 2.45) is 0 Å². The fourth-order valence-corrected chi connectivity index (χ4v) is 3.31. The Labute approximate surface area is 121 Å². The fraction of sp³-hybridized carbons (Fsp3) is 0.429. The molecule has 0 aliphatic carbocycles. The van der Waals surface area contributed by atoms with E-state index in [1.807, 2.05) is 5.38 Å². The summed E-state index contributed by atoms with van der Waals surface area (Å²) in [4.78, 5) is 10.9. The van der Waals surface area contributed by atoms with E-state index in [2.05, 4.69) is 27.1 Å². The van der Waals surface area contributed by atoms with Gasteiger partial charge in [0.05, 0.1) is 17.9 Å². The second kappa shape index (κ2) is 5.95. The zero-order valence-electron chi connectivity index (χ0n) is 11.3. The van der Waals surface area contributed by atoms with Crippen LogP contribution in [0.2, 0.25) is 0 Å². The molecule has 3 rings (SSSR count). The number of rotatable bonds is 3. The predicted octanol–water partition coefficient (Wildman–Crippen LogP) is 2.31. The van der Waals surface area contributed by atoms with Crippen LogP contribution in [-0.4, -0.2) is 41.0 Å². The Morgan fingerprint density at radius 1 is 1.35 bits per heavy atom. The second-order valence-electron chi connectivity index (χ2n) is 4.92. The highest BCUT2D eigenvalue weighted by Crippen LogP contribution is 2.28. The second-order valence-corrected chi connectivity index (χ2v) is 5.81. The van der Waals surface area contributed by atoms with Crippen molar-refractivity contribution in [3.05, 3.63) is 34.7 Å². The summed E-state index contributed by atoms with van der Waals surface area (Å²) in [6, 6.07) is 1.78. The molecule has 1 atom stereocenters. The zero-order valence-corrected chi connectivity index (χ0v) is 12.2. The molecule has 1 fully saturated rings. The summed E-state index contributed by atoms with van der Waals surface area (Å²) in [7, 11) is 0. The first-order valence-corrected chi connectivity index (χ1v) is 7.63. The van der Waals surface area contributed by atoms with Gasteiger partial charge in [-0.1, -0.05) is 0 Å². The van der Waals surface area contributed by atoms with Crippen LogP contribution in [0.15, 0.2) is 23.8 Å². The van der Waals surface area contributed by atoms with Gasteiger partial charge in [0.2, 0.25) is 0 Å². The smallest absolute Gasteiger partial charge is 0.142 e. The topological polar surface area (TPSA) is 41.1 Å². The van der Waals surface area contributed by atoms with Crippen molar-refractivity contribution in [3.63, 3.8) is 0 Å². The molecule has 3 heterocycles. The van der Waals surface area contributed by atoms with E-state index < -0.39 is 0 Å². The lowest BCUT2D eigenvalue weighted by Gasteiger charge is -2.31. The van der Waals surface area contributed by atoms with Crippen LogP contribution in [0.25, 0.3) is 11.3 Å². The van der Waals surface area contributed by atoms with Gasteiger partial charge in [0, 0.05) is 43.3 Å². The molecule has 0 amide bonds. The molecule has 0 saturated carbocycles. The molecule has 0 aromatic carbocycles. The van der Waals surface area contributed by atoms with Gasteiger partial charge in [-0.15, -0.1) is 11.3 Å². The van der Waals surface area contributed by atoms with Gasteiger partial charge in [-0.2, -0.15) is 0 Å². The standard InChI is InChI=1S/C14H17FN4S/c1-10(19-4-2-16-3-5-19)14-18-13(9-20-14)11-6-12(15)8-17-7-11/h6-10,16H,2-5H2,1H3. The normalized spacial score (nSPS) is 18.1. The van der Waals surface area contributed by atoms with Crippen LogP contribution in [0.3, 0.4) is 0 Å². The first-order valence-electron chi connectivity index (χ1n) is 6.75. The van der Waals surface area contributed by atoms with E-state index in [1.54, 1.807) is 17.5 Å². The van der Waals surface area contributed by atoms with Crippen molar-refractivity contribution in [2.45, 2.75) is 13.0 Å². The summed E-state index contributed by atoms with van der Waals surface area (Å²) < 4.78 is 13.2. The zero-order chi connectivity index (χ0) is 13.9. The van der Waals surface area contributed by atoms with Crippen LogP contribution in [-0.2, 0) is 0 Å². The van der Waals surface area contributed by atoms with E-state index in [4.69, 9.17) is 0 Å². The fourth-order valence-electron chi connectivity index (χ4n) is 2.39. The molecule has 0 radical (unpaired) electrons. The lowest BCUT2D eigenvalue weighted by Crippen LogP contribution is -2.44.